The number of benzene rings is 1. The first-order valence-electron chi connectivity index (χ1n) is 4.23. The average Bonchev–Trinajstić information content (AvgIpc) is 2.17. The van der Waals surface area contributed by atoms with E-state index in [0.29, 0.717) is 0 Å². The van der Waals surface area contributed by atoms with Crippen LogP contribution >= 0.6 is 11.6 Å². The van der Waals surface area contributed by atoms with Gasteiger partial charge in [-0.25, -0.2) is 8.42 Å². The van der Waals surface area contributed by atoms with Crippen molar-refractivity contribution >= 4 is 33.0 Å². The van der Waals surface area contributed by atoms with E-state index >= 15 is 0 Å². The van der Waals surface area contributed by atoms with Crippen LogP contribution < -0.4 is 4.72 Å². The molecule has 0 aliphatic heterocycles. The van der Waals surface area contributed by atoms with Crippen LogP contribution in [-0.2, 0) is 10.0 Å². The number of rotatable bonds is 4. The van der Waals surface area contributed by atoms with E-state index in [9.17, 15) is 18.5 Å². The third kappa shape index (κ3) is 3.07. The number of hydrogen-bond acceptors (Lipinski definition) is 4. The largest absolute Gasteiger partial charge is 0.282 e. The molecule has 8 heteroatoms. The lowest BCUT2D eigenvalue weighted by Gasteiger charge is -2.08. The summed E-state index contributed by atoms with van der Waals surface area (Å²) in [6, 6.07) is 5.18. The summed E-state index contributed by atoms with van der Waals surface area (Å²) in [7, 11) is -3.70. The van der Waals surface area contributed by atoms with Gasteiger partial charge in [0.25, 0.3) is 5.69 Å². The fourth-order valence-corrected chi connectivity index (χ4v) is 1.68. The SMILES string of the molecule is CC(Cl)S(=O)(=O)Nc1cccc([N+](=O)[O-])c1. The first kappa shape index (κ1) is 12.7. The highest BCUT2D eigenvalue weighted by Crippen LogP contribution is 2.19. The highest BCUT2D eigenvalue weighted by atomic mass is 35.5. The molecule has 16 heavy (non-hydrogen) atoms. The second-order valence-corrected chi connectivity index (χ2v) is 5.91. The van der Waals surface area contributed by atoms with Crippen LogP contribution in [0.4, 0.5) is 11.4 Å². The number of alkyl halides is 1. The molecule has 88 valence electrons. The Kier molecular flexibility index (Phi) is 3.71. The molecular formula is C8H9ClN2O4S. The van der Waals surface area contributed by atoms with Gasteiger partial charge in [-0.15, -0.1) is 11.6 Å². The first-order valence-corrected chi connectivity index (χ1v) is 6.21. The van der Waals surface area contributed by atoms with Crippen LogP contribution in [0.1, 0.15) is 6.92 Å². The molecule has 0 aliphatic rings. The molecule has 0 aromatic heterocycles. The number of nitrogens with zero attached hydrogens (tertiary/aromatic N) is 1. The van der Waals surface area contributed by atoms with E-state index < -0.39 is 19.7 Å². The number of anilines is 1. The quantitative estimate of drug-likeness (QED) is 0.511. The fourth-order valence-electron chi connectivity index (χ4n) is 0.928. The number of nitrogens with one attached hydrogen (secondary N) is 1. The summed E-state index contributed by atoms with van der Waals surface area (Å²) in [6.45, 7) is 1.29. The monoisotopic (exact) mass is 264 g/mol. The normalized spacial score (nSPS) is 13.1. The maximum atomic E-state index is 11.4. The Hall–Kier alpha value is -1.34. The molecule has 0 bridgehead atoms. The number of nitro benzene ring substituents is 1. The van der Waals surface area contributed by atoms with Gasteiger partial charge in [0, 0.05) is 12.1 Å². The van der Waals surface area contributed by atoms with E-state index in [1.165, 1.54) is 25.1 Å². The molecule has 1 aromatic carbocycles. The van der Waals surface area contributed by atoms with Crippen LogP contribution in [0, 0.1) is 10.1 Å². The van der Waals surface area contributed by atoms with Crippen molar-refractivity contribution in [2.45, 2.75) is 11.6 Å². The maximum absolute atomic E-state index is 11.4. The second-order valence-electron chi connectivity index (χ2n) is 3.00. The second kappa shape index (κ2) is 4.67. The van der Waals surface area contributed by atoms with Crippen LogP contribution in [0.3, 0.4) is 0 Å². The van der Waals surface area contributed by atoms with E-state index in [0.717, 1.165) is 6.07 Å². The van der Waals surface area contributed by atoms with Crippen LogP contribution in [-0.4, -0.2) is 18.1 Å². The molecule has 0 saturated heterocycles. The lowest BCUT2D eigenvalue weighted by molar-refractivity contribution is -0.384. The summed E-state index contributed by atoms with van der Waals surface area (Å²) in [6.07, 6.45) is 0. The molecule has 0 amide bonds. The zero-order valence-corrected chi connectivity index (χ0v) is 9.83. The van der Waals surface area contributed by atoms with Crippen LogP contribution in [0.25, 0.3) is 0 Å². The van der Waals surface area contributed by atoms with Crippen molar-refractivity contribution in [3.63, 3.8) is 0 Å². The maximum Gasteiger partial charge on any atom is 0.271 e. The van der Waals surface area contributed by atoms with Crippen LogP contribution in [0.15, 0.2) is 24.3 Å². The van der Waals surface area contributed by atoms with E-state index in [2.05, 4.69) is 4.72 Å². The number of halogens is 1. The summed E-state index contributed by atoms with van der Waals surface area (Å²) < 4.78 is 23.8. The molecule has 1 atom stereocenters. The molecule has 1 aromatic rings. The smallest absolute Gasteiger partial charge is 0.271 e. The molecule has 0 radical (unpaired) electrons. The predicted octanol–water partition coefficient (Wildman–Crippen LogP) is 1.92. The minimum Gasteiger partial charge on any atom is -0.282 e. The molecule has 0 fully saturated rings. The van der Waals surface area contributed by atoms with Gasteiger partial charge < -0.3 is 0 Å². The van der Waals surface area contributed by atoms with Gasteiger partial charge in [-0.3, -0.25) is 14.8 Å². The molecular weight excluding hydrogens is 256 g/mol. The van der Waals surface area contributed by atoms with Gasteiger partial charge in [0.15, 0.2) is 4.71 Å². The van der Waals surface area contributed by atoms with Crippen molar-refractivity contribution in [1.82, 2.24) is 0 Å². The predicted molar refractivity (Wildman–Crippen MR) is 61.0 cm³/mol. The van der Waals surface area contributed by atoms with Crippen LogP contribution in [0.5, 0.6) is 0 Å². The Balaban J connectivity index is 2.99. The van der Waals surface area contributed by atoms with Gasteiger partial charge in [0.2, 0.25) is 10.0 Å². The highest BCUT2D eigenvalue weighted by Gasteiger charge is 2.18. The molecule has 6 nitrogen and oxygen atoms in total. The van der Waals surface area contributed by atoms with Crippen molar-refractivity contribution in [2.75, 3.05) is 4.72 Å². The summed E-state index contributed by atoms with van der Waals surface area (Å²) in [5, 5.41) is 10.5. The summed E-state index contributed by atoms with van der Waals surface area (Å²) in [5.74, 6) is 0. The van der Waals surface area contributed by atoms with Crippen molar-refractivity contribution in [3.05, 3.63) is 34.4 Å². The van der Waals surface area contributed by atoms with E-state index in [4.69, 9.17) is 11.6 Å². The van der Waals surface area contributed by atoms with Gasteiger partial charge in [0.05, 0.1) is 10.6 Å². The third-order valence-electron chi connectivity index (χ3n) is 1.74. The van der Waals surface area contributed by atoms with Crippen molar-refractivity contribution < 1.29 is 13.3 Å². The third-order valence-corrected chi connectivity index (χ3v) is 3.82. The zero-order valence-electron chi connectivity index (χ0n) is 8.25. The van der Waals surface area contributed by atoms with Crippen molar-refractivity contribution in [1.29, 1.82) is 0 Å². The van der Waals surface area contributed by atoms with E-state index in [1.54, 1.807) is 0 Å². The Morgan fingerprint density at radius 3 is 2.62 bits per heavy atom. The fraction of sp³-hybridized carbons (Fsp3) is 0.250. The summed E-state index contributed by atoms with van der Waals surface area (Å²) >= 11 is 5.44. The lowest BCUT2D eigenvalue weighted by atomic mass is 10.3. The van der Waals surface area contributed by atoms with Gasteiger partial charge in [0.1, 0.15) is 0 Å². The Bertz CT molecular complexity index is 501. The Labute approximate surface area is 97.4 Å². The topological polar surface area (TPSA) is 89.3 Å². The molecule has 1 unspecified atom stereocenters. The Morgan fingerprint density at radius 1 is 1.50 bits per heavy atom. The van der Waals surface area contributed by atoms with E-state index in [-0.39, 0.29) is 11.4 Å². The first-order chi connectivity index (χ1) is 7.33. The minimum absolute atomic E-state index is 0.113. The van der Waals surface area contributed by atoms with E-state index in [1.807, 2.05) is 0 Å². The van der Waals surface area contributed by atoms with Gasteiger partial charge >= 0.3 is 0 Å². The standard InChI is InChI=1S/C8H9ClN2O4S/c1-6(9)16(14,15)10-7-3-2-4-8(5-7)11(12)13/h2-6,10H,1H3. The van der Waals surface area contributed by atoms with Gasteiger partial charge in [-0.05, 0) is 13.0 Å². The number of nitro groups is 1. The van der Waals surface area contributed by atoms with Gasteiger partial charge in [-0.2, -0.15) is 0 Å². The van der Waals surface area contributed by atoms with Gasteiger partial charge in [-0.1, -0.05) is 6.07 Å². The molecule has 0 heterocycles. The van der Waals surface area contributed by atoms with Crippen molar-refractivity contribution in [2.24, 2.45) is 0 Å². The minimum atomic E-state index is -3.70. The average molecular weight is 265 g/mol. The molecule has 0 aliphatic carbocycles. The van der Waals surface area contributed by atoms with Crippen molar-refractivity contribution in [3.8, 4) is 0 Å². The Morgan fingerprint density at radius 2 is 2.12 bits per heavy atom. The zero-order chi connectivity index (χ0) is 12.3. The molecule has 1 rings (SSSR count). The highest BCUT2D eigenvalue weighted by molar-refractivity contribution is 7.94. The molecule has 0 saturated carbocycles. The summed E-state index contributed by atoms with van der Waals surface area (Å²) in [5.41, 5.74) is -0.0795. The van der Waals surface area contributed by atoms with Crippen LogP contribution in [0.2, 0.25) is 0 Å². The number of hydrogen-bond donors (Lipinski definition) is 1. The lowest BCUT2D eigenvalue weighted by Crippen LogP contribution is -2.20. The summed E-state index contributed by atoms with van der Waals surface area (Å²) in [4.78, 5) is 9.85. The number of non-ortho nitro benzene ring substituents is 1. The molecule has 0 spiro atoms. The number of sulfonamides is 1. The molecule has 1 N–H and O–H groups in total.